The number of benzene rings is 1. The van der Waals surface area contributed by atoms with Gasteiger partial charge in [0.15, 0.2) is 0 Å². The summed E-state index contributed by atoms with van der Waals surface area (Å²) in [5.41, 5.74) is 1.25. The van der Waals surface area contributed by atoms with Gasteiger partial charge in [-0.05, 0) is 49.5 Å². The summed E-state index contributed by atoms with van der Waals surface area (Å²) in [6.07, 6.45) is 2.32. The van der Waals surface area contributed by atoms with Gasteiger partial charge in [0.05, 0.1) is 0 Å². The van der Waals surface area contributed by atoms with E-state index in [0.29, 0.717) is 0 Å². The Hall–Kier alpha value is -0.600. The van der Waals surface area contributed by atoms with Gasteiger partial charge in [-0.2, -0.15) is 0 Å². The molecule has 1 aromatic rings. The molecule has 14 heavy (non-hydrogen) atoms. The molecule has 3 heteroatoms. The topological polar surface area (TPSA) is 12.0 Å². The van der Waals surface area contributed by atoms with Gasteiger partial charge in [-0.1, -0.05) is 12.1 Å². The highest BCUT2D eigenvalue weighted by molar-refractivity contribution is 5.85. The lowest BCUT2D eigenvalue weighted by molar-refractivity contribution is 0.577. The standard InChI is InChI=1S/C11H14FN.ClH/c12-11-3-1-9(2-4-11)7-10-5-6-13-8-10;/h1-4,10,13H,5-8H2;1H. The quantitative estimate of drug-likeness (QED) is 0.799. The molecule has 1 aromatic carbocycles. The van der Waals surface area contributed by atoms with Gasteiger partial charge in [0.2, 0.25) is 0 Å². The maximum Gasteiger partial charge on any atom is 0.123 e. The fourth-order valence-electron chi connectivity index (χ4n) is 1.84. The number of hydrogen-bond acceptors (Lipinski definition) is 1. The van der Waals surface area contributed by atoms with Crippen molar-refractivity contribution in [1.29, 1.82) is 0 Å². The van der Waals surface area contributed by atoms with Crippen molar-refractivity contribution < 1.29 is 4.39 Å². The van der Waals surface area contributed by atoms with E-state index in [2.05, 4.69) is 5.32 Å². The first-order valence-electron chi connectivity index (χ1n) is 4.80. The zero-order valence-electron chi connectivity index (χ0n) is 8.00. The molecule has 0 spiro atoms. The summed E-state index contributed by atoms with van der Waals surface area (Å²) < 4.78 is 12.6. The van der Waals surface area contributed by atoms with E-state index in [-0.39, 0.29) is 18.2 Å². The third-order valence-corrected chi connectivity index (χ3v) is 2.60. The lowest BCUT2D eigenvalue weighted by Crippen LogP contribution is -2.10. The molecule has 1 heterocycles. The van der Waals surface area contributed by atoms with Gasteiger partial charge in [0.25, 0.3) is 0 Å². The Morgan fingerprint density at radius 3 is 2.57 bits per heavy atom. The predicted molar refractivity (Wildman–Crippen MR) is 58.3 cm³/mol. The van der Waals surface area contributed by atoms with Gasteiger partial charge in [-0.25, -0.2) is 4.39 Å². The Labute approximate surface area is 90.1 Å². The van der Waals surface area contributed by atoms with Crippen molar-refractivity contribution >= 4 is 12.4 Å². The summed E-state index contributed by atoms with van der Waals surface area (Å²) in [7, 11) is 0. The third kappa shape index (κ3) is 2.96. The molecule has 0 aliphatic carbocycles. The molecule has 1 atom stereocenters. The second kappa shape index (κ2) is 5.32. The van der Waals surface area contributed by atoms with Crippen LogP contribution in [0.2, 0.25) is 0 Å². The van der Waals surface area contributed by atoms with Gasteiger partial charge in [-0.3, -0.25) is 0 Å². The van der Waals surface area contributed by atoms with E-state index in [1.807, 2.05) is 12.1 Å². The van der Waals surface area contributed by atoms with Gasteiger partial charge in [-0.15, -0.1) is 12.4 Å². The Morgan fingerprint density at radius 1 is 1.29 bits per heavy atom. The van der Waals surface area contributed by atoms with Gasteiger partial charge in [0.1, 0.15) is 5.82 Å². The lowest BCUT2D eigenvalue weighted by atomic mass is 9.99. The van der Waals surface area contributed by atoms with Crippen molar-refractivity contribution in [2.45, 2.75) is 12.8 Å². The molecule has 78 valence electrons. The largest absolute Gasteiger partial charge is 0.316 e. The van der Waals surface area contributed by atoms with E-state index in [0.717, 1.165) is 25.4 Å². The van der Waals surface area contributed by atoms with Crippen LogP contribution in [0.25, 0.3) is 0 Å². The van der Waals surface area contributed by atoms with Crippen molar-refractivity contribution in [3.8, 4) is 0 Å². The molecule has 1 unspecified atom stereocenters. The maximum absolute atomic E-state index is 12.6. The highest BCUT2D eigenvalue weighted by Crippen LogP contribution is 2.15. The van der Waals surface area contributed by atoms with Gasteiger partial charge in [0, 0.05) is 0 Å². The van der Waals surface area contributed by atoms with Crippen molar-refractivity contribution in [1.82, 2.24) is 5.32 Å². The molecule has 0 saturated carbocycles. The second-order valence-corrected chi connectivity index (χ2v) is 3.69. The molecule has 0 amide bonds. The van der Waals surface area contributed by atoms with E-state index in [1.54, 1.807) is 0 Å². The Morgan fingerprint density at radius 2 is 2.00 bits per heavy atom. The first-order chi connectivity index (χ1) is 6.34. The fraction of sp³-hybridized carbons (Fsp3) is 0.455. The summed E-state index contributed by atoms with van der Waals surface area (Å²) in [5.74, 6) is 0.596. The zero-order valence-corrected chi connectivity index (χ0v) is 8.82. The molecular formula is C11H15ClFN. The van der Waals surface area contributed by atoms with Crippen molar-refractivity contribution in [2.24, 2.45) is 5.92 Å². The Bertz CT molecular complexity index is 267. The first kappa shape index (κ1) is 11.5. The van der Waals surface area contributed by atoms with Crippen LogP contribution in [0.4, 0.5) is 4.39 Å². The molecule has 0 radical (unpaired) electrons. The molecule has 1 fully saturated rings. The summed E-state index contributed by atoms with van der Waals surface area (Å²) in [6, 6.07) is 6.84. The third-order valence-electron chi connectivity index (χ3n) is 2.60. The molecule has 0 aromatic heterocycles. The van der Waals surface area contributed by atoms with Crippen LogP contribution in [0.1, 0.15) is 12.0 Å². The molecule has 1 nitrogen and oxygen atoms in total. The van der Waals surface area contributed by atoms with Gasteiger partial charge < -0.3 is 5.32 Å². The average molecular weight is 216 g/mol. The molecule has 1 aliphatic heterocycles. The van der Waals surface area contributed by atoms with Crippen molar-refractivity contribution in [3.63, 3.8) is 0 Å². The van der Waals surface area contributed by atoms with E-state index >= 15 is 0 Å². The minimum atomic E-state index is -0.145. The van der Waals surface area contributed by atoms with Crippen LogP contribution < -0.4 is 5.32 Å². The van der Waals surface area contributed by atoms with Crippen molar-refractivity contribution in [2.75, 3.05) is 13.1 Å². The smallest absolute Gasteiger partial charge is 0.123 e. The number of halogens is 2. The molecular weight excluding hydrogens is 201 g/mol. The lowest BCUT2D eigenvalue weighted by Gasteiger charge is -2.07. The van der Waals surface area contributed by atoms with Crippen LogP contribution in [0.3, 0.4) is 0 Å². The van der Waals surface area contributed by atoms with Crippen LogP contribution in [-0.4, -0.2) is 13.1 Å². The van der Waals surface area contributed by atoms with Crippen LogP contribution in [0.5, 0.6) is 0 Å². The minimum absolute atomic E-state index is 0. The molecule has 0 bridgehead atoms. The maximum atomic E-state index is 12.6. The predicted octanol–water partition coefficient (Wildman–Crippen LogP) is 2.40. The van der Waals surface area contributed by atoms with E-state index < -0.39 is 0 Å². The van der Waals surface area contributed by atoms with E-state index in [9.17, 15) is 4.39 Å². The summed E-state index contributed by atoms with van der Waals surface area (Å²) in [6.45, 7) is 2.24. The molecule has 1 N–H and O–H groups in total. The fourth-order valence-corrected chi connectivity index (χ4v) is 1.84. The SMILES string of the molecule is Cl.Fc1ccc(CC2CCNC2)cc1. The van der Waals surface area contributed by atoms with Crippen LogP contribution in [0.15, 0.2) is 24.3 Å². The minimum Gasteiger partial charge on any atom is -0.316 e. The highest BCUT2D eigenvalue weighted by atomic mass is 35.5. The Kier molecular flexibility index (Phi) is 4.36. The van der Waals surface area contributed by atoms with Crippen LogP contribution in [-0.2, 0) is 6.42 Å². The Balaban J connectivity index is 0.000000980. The molecule has 1 saturated heterocycles. The van der Waals surface area contributed by atoms with Gasteiger partial charge >= 0.3 is 0 Å². The number of rotatable bonds is 2. The summed E-state index contributed by atoms with van der Waals surface area (Å²) in [5, 5.41) is 3.33. The second-order valence-electron chi connectivity index (χ2n) is 3.69. The molecule has 1 aliphatic rings. The normalized spacial score (nSPS) is 20.5. The van der Waals surface area contributed by atoms with Crippen LogP contribution in [0, 0.1) is 11.7 Å². The first-order valence-corrected chi connectivity index (χ1v) is 4.80. The summed E-state index contributed by atoms with van der Waals surface area (Å²) in [4.78, 5) is 0. The van der Waals surface area contributed by atoms with E-state index in [1.165, 1.54) is 24.1 Å². The summed E-state index contributed by atoms with van der Waals surface area (Å²) >= 11 is 0. The number of nitrogens with one attached hydrogen (secondary N) is 1. The monoisotopic (exact) mass is 215 g/mol. The van der Waals surface area contributed by atoms with E-state index in [4.69, 9.17) is 0 Å². The number of hydrogen-bond donors (Lipinski definition) is 1. The average Bonchev–Trinajstić information content (AvgIpc) is 2.62. The molecule has 2 rings (SSSR count). The van der Waals surface area contributed by atoms with Crippen molar-refractivity contribution in [3.05, 3.63) is 35.6 Å². The highest BCUT2D eigenvalue weighted by Gasteiger charge is 2.14. The zero-order chi connectivity index (χ0) is 9.10. The van der Waals surface area contributed by atoms with Crippen LogP contribution >= 0.6 is 12.4 Å².